The lowest BCUT2D eigenvalue weighted by atomic mass is 10.4. The largest absolute Gasteiger partial charge is 0.379 e. The first kappa shape index (κ1) is 21.2. The summed E-state index contributed by atoms with van der Waals surface area (Å²) in [5.41, 5.74) is 1.27. The molecule has 0 aromatic carbocycles. The number of hydrogen-bond acceptors (Lipinski definition) is 2. The van der Waals surface area contributed by atoms with E-state index in [9.17, 15) is 0 Å². The Bertz CT molecular complexity index is 432. The van der Waals surface area contributed by atoms with Gasteiger partial charge in [0.05, 0.1) is 12.6 Å². The van der Waals surface area contributed by atoms with Gasteiger partial charge >= 0.3 is 0 Å². The first-order valence-electron chi connectivity index (χ1n) is 7.75. The smallest absolute Gasteiger partial charge is 0.194 e. The van der Waals surface area contributed by atoms with Crippen molar-refractivity contribution in [2.75, 3.05) is 26.7 Å². The van der Waals surface area contributed by atoms with Gasteiger partial charge in [0, 0.05) is 45.7 Å². The van der Waals surface area contributed by atoms with Crippen molar-refractivity contribution in [3.8, 4) is 0 Å². The lowest BCUT2D eigenvalue weighted by Gasteiger charge is -2.22. The zero-order valence-corrected chi connectivity index (χ0v) is 16.8. The molecule has 0 aliphatic rings. The number of halogens is 1. The highest BCUT2D eigenvalue weighted by atomic mass is 127. The lowest BCUT2D eigenvalue weighted by molar-refractivity contribution is 0.0782. The molecule has 22 heavy (non-hydrogen) atoms. The topological polar surface area (TPSA) is 41.8 Å². The molecule has 0 aliphatic carbocycles. The van der Waals surface area contributed by atoms with Gasteiger partial charge in [0.2, 0.25) is 0 Å². The molecule has 0 radical (unpaired) electrons. The molecule has 0 fully saturated rings. The fourth-order valence-corrected chi connectivity index (χ4v) is 2.02. The van der Waals surface area contributed by atoms with Crippen molar-refractivity contribution in [2.24, 2.45) is 12.0 Å². The van der Waals surface area contributed by atoms with Crippen LogP contribution in [0.15, 0.2) is 23.3 Å². The average molecular weight is 422 g/mol. The van der Waals surface area contributed by atoms with Gasteiger partial charge in [-0.05, 0) is 39.3 Å². The number of aryl methyl sites for hydroxylation is 1. The molecule has 1 N–H and O–H groups in total. The zero-order chi connectivity index (χ0) is 15.7. The molecule has 0 spiro atoms. The fraction of sp³-hybridized carbons (Fsp3) is 0.688. The van der Waals surface area contributed by atoms with Crippen LogP contribution >= 0.6 is 24.0 Å². The first-order chi connectivity index (χ1) is 10.0. The summed E-state index contributed by atoms with van der Waals surface area (Å²) in [6.07, 6.45) is 3.31. The Kier molecular flexibility index (Phi) is 11.4. The van der Waals surface area contributed by atoms with E-state index in [1.165, 1.54) is 5.69 Å². The second kappa shape index (κ2) is 11.8. The third kappa shape index (κ3) is 8.03. The molecule has 5 nitrogen and oxygen atoms in total. The van der Waals surface area contributed by atoms with Gasteiger partial charge in [-0.25, -0.2) is 0 Å². The number of hydrogen-bond donors (Lipinski definition) is 1. The minimum absolute atomic E-state index is 0. The van der Waals surface area contributed by atoms with Crippen LogP contribution in [0.25, 0.3) is 0 Å². The van der Waals surface area contributed by atoms with E-state index in [-0.39, 0.29) is 24.0 Å². The van der Waals surface area contributed by atoms with Crippen LogP contribution in [0, 0.1) is 0 Å². The fourth-order valence-electron chi connectivity index (χ4n) is 2.02. The van der Waals surface area contributed by atoms with E-state index in [0.717, 1.165) is 38.6 Å². The SMILES string of the molecule is CCNC(=NCCCOC(C)C)N(C)Cc1cccn1C.I. The Morgan fingerprint density at radius 1 is 1.45 bits per heavy atom. The van der Waals surface area contributed by atoms with Crippen LogP contribution in [0.1, 0.15) is 32.9 Å². The summed E-state index contributed by atoms with van der Waals surface area (Å²) >= 11 is 0. The van der Waals surface area contributed by atoms with Crippen molar-refractivity contribution in [1.82, 2.24) is 14.8 Å². The van der Waals surface area contributed by atoms with E-state index in [0.29, 0.717) is 6.10 Å². The predicted molar refractivity (Wildman–Crippen MR) is 104 cm³/mol. The number of nitrogens with zero attached hydrogens (tertiary/aromatic N) is 3. The summed E-state index contributed by atoms with van der Waals surface area (Å²) in [5.74, 6) is 0.947. The van der Waals surface area contributed by atoms with Crippen LogP contribution in [0.2, 0.25) is 0 Å². The van der Waals surface area contributed by atoms with E-state index in [2.05, 4.69) is 73.0 Å². The second-order valence-electron chi connectivity index (χ2n) is 5.48. The minimum Gasteiger partial charge on any atom is -0.379 e. The van der Waals surface area contributed by atoms with E-state index in [4.69, 9.17) is 4.74 Å². The molecular weight excluding hydrogens is 391 g/mol. The van der Waals surface area contributed by atoms with Gasteiger partial charge in [-0.1, -0.05) is 0 Å². The van der Waals surface area contributed by atoms with Gasteiger partial charge in [0.1, 0.15) is 0 Å². The highest BCUT2D eigenvalue weighted by molar-refractivity contribution is 14.0. The molecule has 1 aromatic heterocycles. The van der Waals surface area contributed by atoms with Crippen molar-refractivity contribution < 1.29 is 4.74 Å². The molecule has 0 unspecified atom stereocenters. The third-order valence-corrected chi connectivity index (χ3v) is 3.16. The molecule has 128 valence electrons. The number of aliphatic imine (C=N–C) groups is 1. The molecule has 0 atom stereocenters. The number of aromatic nitrogens is 1. The Balaban J connectivity index is 0.00000441. The van der Waals surface area contributed by atoms with Crippen molar-refractivity contribution in [3.05, 3.63) is 24.0 Å². The van der Waals surface area contributed by atoms with Crippen LogP contribution in [-0.2, 0) is 18.3 Å². The van der Waals surface area contributed by atoms with Crippen LogP contribution in [0.5, 0.6) is 0 Å². The van der Waals surface area contributed by atoms with Crippen molar-refractivity contribution in [1.29, 1.82) is 0 Å². The summed E-state index contributed by atoms with van der Waals surface area (Å²) in [4.78, 5) is 6.82. The molecule has 0 saturated carbocycles. The highest BCUT2D eigenvalue weighted by Gasteiger charge is 2.07. The van der Waals surface area contributed by atoms with Crippen molar-refractivity contribution >= 4 is 29.9 Å². The number of nitrogens with one attached hydrogen (secondary N) is 1. The number of guanidine groups is 1. The summed E-state index contributed by atoms with van der Waals surface area (Å²) in [6.45, 7) is 9.47. The van der Waals surface area contributed by atoms with Crippen molar-refractivity contribution in [2.45, 2.75) is 39.8 Å². The summed E-state index contributed by atoms with van der Waals surface area (Å²) in [6, 6.07) is 4.20. The van der Waals surface area contributed by atoms with E-state index in [1.54, 1.807) is 0 Å². The molecule has 1 aromatic rings. The van der Waals surface area contributed by atoms with Crippen LogP contribution in [0.3, 0.4) is 0 Å². The average Bonchev–Trinajstić information content (AvgIpc) is 2.82. The highest BCUT2D eigenvalue weighted by Crippen LogP contribution is 2.04. The Hall–Kier alpha value is -0.760. The minimum atomic E-state index is 0. The maximum atomic E-state index is 5.54. The van der Waals surface area contributed by atoms with E-state index in [1.807, 2.05) is 0 Å². The van der Waals surface area contributed by atoms with Crippen LogP contribution in [-0.4, -0.2) is 48.3 Å². The number of ether oxygens (including phenoxy) is 1. The molecule has 1 rings (SSSR count). The molecule has 6 heteroatoms. The molecule has 1 heterocycles. The zero-order valence-electron chi connectivity index (χ0n) is 14.5. The van der Waals surface area contributed by atoms with Gasteiger partial charge in [0.25, 0.3) is 0 Å². The first-order valence-corrected chi connectivity index (χ1v) is 7.75. The Morgan fingerprint density at radius 2 is 2.18 bits per heavy atom. The van der Waals surface area contributed by atoms with Gasteiger partial charge in [-0.3, -0.25) is 4.99 Å². The molecule has 0 amide bonds. The van der Waals surface area contributed by atoms with Gasteiger partial charge in [-0.2, -0.15) is 0 Å². The quantitative estimate of drug-likeness (QED) is 0.303. The standard InChI is InChI=1S/C16H30N4O.HI/c1-6-17-16(18-10-8-12-21-14(2)3)20(5)13-15-9-7-11-19(15)4;/h7,9,11,14H,6,8,10,12-13H2,1-5H3,(H,17,18);1H. The van der Waals surface area contributed by atoms with E-state index < -0.39 is 0 Å². The summed E-state index contributed by atoms with van der Waals surface area (Å²) < 4.78 is 7.67. The maximum absolute atomic E-state index is 5.54. The van der Waals surface area contributed by atoms with Gasteiger partial charge in [0.15, 0.2) is 5.96 Å². The molecule has 0 saturated heterocycles. The Morgan fingerprint density at radius 3 is 2.73 bits per heavy atom. The molecule has 0 bridgehead atoms. The van der Waals surface area contributed by atoms with Gasteiger partial charge < -0.3 is 19.5 Å². The maximum Gasteiger partial charge on any atom is 0.194 e. The van der Waals surface area contributed by atoms with E-state index >= 15 is 0 Å². The third-order valence-electron chi connectivity index (χ3n) is 3.16. The van der Waals surface area contributed by atoms with Crippen molar-refractivity contribution in [3.63, 3.8) is 0 Å². The summed E-state index contributed by atoms with van der Waals surface area (Å²) in [7, 11) is 4.13. The monoisotopic (exact) mass is 422 g/mol. The lowest BCUT2D eigenvalue weighted by Crippen LogP contribution is -2.39. The molecular formula is C16H31IN4O. The second-order valence-corrected chi connectivity index (χ2v) is 5.48. The predicted octanol–water partition coefficient (Wildman–Crippen LogP) is 2.86. The Labute approximate surface area is 152 Å². The van der Waals surface area contributed by atoms with Gasteiger partial charge in [-0.15, -0.1) is 24.0 Å². The van der Waals surface area contributed by atoms with Crippen LogP contribution in [0.4, 0.5) is 0 Å². The van der Waals surface area contributed by atoms with Crippen LogP contribution < -0.4 is 5.32 Å². The number of rotatable bonds is 8. The summed E-state index contributed by atoms with van der Waals surface area (Å²) in [5, 5.41) is 3.34. The molecule has 0 aliphatic heterocycles. The normalized spacial score (nSPS) is 11.5.